The van der Waals surface area contributed by atoms with Gasteiger partial charge in [-0.05, 0) is 36.2 Å². The van der Waals surface area contributed by atoms with E-state index >= 15 is 0 Å². The van der Waals surface area contributed by atoms with E-state index in [4.69, 9.17) is 5.73 Å². The Morgan fingerprint density at radius 2 is 1.52 bits per heavy atom. The summed E-state index contributed by atoms with van der Waals surface area (Å²) in [5, 5.41) is 0. The summed E-state index contributed by atoms with van der Waals surface area (Å²) in [5.41, 5.74) is 6.35. The molecule has 0 aromatic heterocycles. The smallest absolute Gasteiger partial charge is 0.330 e. The van der Waals surface area contributed by atoms with Crippen LogP contribution in [0.2, 0.25) is 0 Å². The summed E-state index contributed by atoms with van der Waals surface area (Å²) in [6.07, 6.45) is -4.94. The maximum Gasteiger partial charge on any atom is 0.393 e. The topological polar surface area (TPSA) is 63.4 Å². The van der Waals surface area contributed by atoms with E-state index in [1.165, 1.54) is 28.6 Å². The van der Waals surface area contributed by atoms with Crippen molar-refractivity contribution in [2.24, 2.45) is 5.73 Å². The molecule has 0 bridgehead atoms. The number of alkyl halides is 3. The van der Waals surface area contributed by atoms with Crippen LogP contribution in [0.5, 0.6) is 0 Å². The van der Waals surface area contributed by atoms with Crippen LogP contribution in [0, 0.1) is 0 Å². The minimum absolute atomic E-state index is 0. The average molecular weight is 423 g/mol. The Labute approximate surface area is 163 Å². The second-order valence-electron chi connectivity index (χ2n) is 5.90. The van der Waals surface area contributed by atoms with Crippen LogP contribution in [-0.2, 0) is 23.0 Å². The quantitative estimate of drug-likeness (QED) is 0.704. The van der Waals surface area contributed by atoms with Gasteiger partial charge in [-0.2, -0.15) is 17.5 Å². The van der Waals surface area contributed by atoms with Gasteiger partial charge in [0.2, 0.25) is 10.0 Å². The van der Waals surface area contributed by atoms with Crippen LogP contribution in [0.1, 0.15) is 17.5 Å². The maximum atomic E-state index is 12.9. The Kier molecular flexibility index (Phi) is 8.74. The zero-order valence-corrected chi connectivity index (χ0v) is 16.2. The largest absolute Gasteiger partial charge is 0.393 e. The number of nitrogens with two attached hydrogens (primary N) is 1. The first-order chi connectivity index (χ1) is 12.2. The first-order valence-corrected chi connectivity index (χ1v) is 9.56. The molecular formula is C18H22ClF3N2O2S. The molecule has 0 aliphatic carbocycles. The lowest BCUT2D eigenvalue weighted by atomic mass is 10.1. The number of hydrogen-bond donors (Lipinski definition) is 1. The minimum Gasteiger partial charge on any atom is -0.330 e. The molecule has 9 heteroatoms. The van der Waals surface area contributed by atoms with Crippen molar-refractivity contribution in [3.63, 3.8) is 0 Å². The Bertz CT molecular complexity index is 798. The lowest BCUT2D eigenvalue weighted by Crippen LogP contribution is -2.32. The molecule has 0 aliphatic heterocycles. The summed E-state index contributed by atoms with van der Waals surface area (Å²) in [5.74, 6) is 0. The summed E-state index contributed by atoms with van der Waals surface area (Å²) >= 11 is 0. The Morgan fingerprint density at radius 1 is 0.926 bits per heavy atom. The zero-order chi connectivity index (χ0) is 19.2. The first-order valence-electron chi connectivity index (χ1n) is 8.12. The third-order valence-electron chi connectivity index (χ3n) is 3.78. The van der Waals surface area contributed by atoms with Gasteiger partial charge in [0, 0.05) is 13.1 Å². The molecule has 0 spiro atoms. The summed E-state index contributed by atoms with van der Waals surface area (Å²) in [4.78, 5) is -0.0311. The van der Waals surface area contributed by atoms with Gasteiger partial charge in [-0.15, -0.1) is 12.4 Å². The molecular weight excluding hydrogens is 401 g/mol. The third kappa shape index (κ3) is 7.14. The fourth-order valence-electron chi connectivity index (χ4n) is 2.50. The molecule has 0 amide bonds. The van der Waals surface area contributed by atoms with Crippen molar-refractivity contribution in [3.05, 3.63) is 65.7 Å². The third-order valence-corrected chi connectivity index (χ3v) is 5.64. The number of nitrogens with zero attached hydrogens (tertiary/aromatic N) is 1. The monoisotopic (exact) mass is 422 g/mol. The fraction of sp³-hybridized carbons (Fsp3) is 0.333. The predicted molar refractivity (Wildman–Crippen MR) is 101 cm³/mol. The molecule has 150 valence electrons. The fourth-order valence-corrected chi connectivity index (χ4v) is 3.97. The number of halogens is 4. The van der Waals surface area contributed by atoms with Crippen molar-refractivity contribution in [1.82, 2.24) is 4.31 Å². The minimum atomic E-state index is -4.33. The van der Waals surface area contributed by atoms with Gasteiger partial charge in [-0.1, -0.05) is 42.5 Å². The van der Waals surface area contributed by atoms with E-state index in [2.05, 4.69) is 0 Å². The van der Waals surface area contributed by atoms with Crippen molar-refractivity contribution in [3.8, 4) is 0 Å². The first kappa shape index (κ1) is 23.4. The van der Waals surface area contributed by atoms with Crippen molar-refractivity contribution >= 4 is 22.4 Å². The van der Waals surface area contributed by atoms with E-state index in [9.17, 15) is 21.6 Å². The standard InChI is InChI=1S/C18H21F3N2O2S.ClH/c19-18(20,21)13-15-7-9-17(10-8-15)26(24,25)23(12-4-11-22)14-16-5-2-1-3-6-16;/h1-3,5-10H,4,11-14,22H2;1H. The summed E-state index contributed by atoms with van der Waals surface area (Å²) in [7, 11) is -3.84. The molecule has 0 saturated carbocycles. The zero-order valence-electron chi connectivity index (χ0n) is 14.5. The lowest BCUT2D eigenvalue weighted by molar-refractivity contribution is -0.127. The maximum absolute atomic E-state index is 12.9. The van der Waals surface area contributed by atoms with Gasteiger partial charge < -0.3 is 5.73 Å². The molecule has 4 nitrogen and oxygen atoms in total. The van der Waals surface area contributed by atoms with Crippen LogP contribution < -0.4 is 5.73 Å². The highest BCUT2D eigenvalue weighted by molar-refractivity contribution is 7.89. The summed E-state index contributed by atoms with van der Waals surface area (Å²) < 4.78 is 64.4. The average Bonchev–Trinajstić information content (AvgIpc) is 2.58. The van der Waals surface area contributed by atoms with Gasteiger partial charge in [0.1, 0.15) is 0 Å². The summed E-state index contributed by atoms with van der Waals surface area (Å²) in [6, 6.07) is 13.9. The SMILES string of the molecule is Cl.NCCCN(Cc1ccccc1)S(=O)(=O)c1ccc(CC(F)(F)F)cc1. The van der Waals surface area contributed by atoms with Crippen LogP contribution in [0.3, 0.4) is 0 Å². The highest BCUT2D eigenvalue weighted by atomic mass is 35.5. The Balaban J connectivity index is 0.00000364. The van der Waals surface area contributed by atoms with E-state index < -0.39 is 22.6 Å². The Hall–Kier alpha value is -1.61. The predicted octanol–water partition coefficient (Wildman–Crippen LogP) is 3.75. The second kappa shape index (κ2) is 10.1. The van der Waals surface area contributed by atoms with Gasteiger partial charge in [0.25, 0.3) is 0 Å². The molecule has 0 unspecified atom stereocenters. The second-order valence-corrected chi connectivity index (χ2v) is 7.84. The molecule has 27 heavy (non-hydrogen) atoms. The van der Waals surface area contributed by atoms with Crippen LogP contribution in [0.4, 0.5) is 13.2 Å². The number of rotatable bonds is 8. The van der Waals surface area contributed by atoms with E-state index in [1.807, 2.05) is 30.3 Å². The molecule has 2 aromatic carbocycles. The highest BCUT2D eigenvalue weighted by Crippen LogP contribution is 2.24. The molecule has 0 saturated heterocycles. The van der Waals surface area contributed by atoms with Gasteiger partial charge >= 0.3 is 6.18 Å². The molecule has 2 aromatic rings. The van der Waals surface area contributed by atoms with Crippen LogP contribution in [0.25, 0.3) is 0 Å². The molecule has 0 fully saturated rings. The Morgan fingerprint density at radius 3 is 2.04 bits per heavy atom. The molecule has 0 atom stereocenters. The van der Waals surface area contributed by atoms with Crippen molar-refractivity contribution < 1.29 is 21.6 Å². The normalized spacial score (nSPS) is 12.0. The van der Waals surface area contributed by atoms with Crippen molar-refractivity contribution in [1.29, 1.82) is 0 Å². The van der Waals surface area contributed by atoms with E-state index in [-0.39, 0.29) is 36.0 Å². The molecule has 0 aliphatic rings. The van der Waals surface area contributed by atoms with E-state index in [1.54, 1.807) is 0 Å². The molecule has 2 rings (SSSR count). The van der Waals surface area contributed by atoms with Crippen molar-refractivity contribution in [2.75, 3.05) is 13.1 Å². The van der Waals surface area contributed by atoms with Crippen LogP contribution in [0.15, 0.2) is 59.5 Å². The summed E-state index contributed by atoms with van der Waals surface area (Å²) in [6.45, 7) is 0.747. The van der Waals surface area contributed by atoms with Gasteiger partial charge in [-0.3, -0.25) is 0 Å². The number of benzene rings is 2. The number of sulfonamides is 1. The van der Waals surface area contributed by atoms with Crippen LogP contribution >= 0.6 is 12.4 Å². The van der Waals surface area contributed by atoms with Gasteiger partial charge in [0.15, 0.2) is 0 Å². The highest BCUT2D eigenvalue weighted by Gasteiger charge is 2.28. The molecule has 0 radical (unpaired) electrons. The van der Waals surface area contributed by atoms with Gasteiger partial charge in [-0.25, -0.2) is 8.42 Å². The van der Waals surface area contributed by atoms with Crippen molar-refractivity contribution in [2.45, 2.75) is 30.5 Å². The van der Waals surface area contributed by atoms with E-state index in [0.717, 1.165) is 5.56 Å². The van der Waals surface area contributed by atoms with E-state index in [0.29, 0.717) is 13.0 Å². The molecule has 0 heterocycles. The number of hydrogen-bond acceptors (Lipinski definition) is 3. The lowest BCUT2D eigenvalue weighted by Gasteiger charge is -2.22. The van der Waals surface area contributed by atoms with Gasteiger partial charge in [0.05, 0.1) is 11.3 Å². The van der Waals surface area contributed by atoms with Crippen LogP contribution in [-0.4, -0.2) is 32.0 Å². The molecule has 2 N–H and O–H groups in total.